The Morgan fingerprint density at radius 2 is 2.17 bits per heavy atom. The Bertz CT molecular complexity index is 535. The third-order valence-electron chi connectivity index (χ3n) is 3.09. The first kappa shape index (κ1) is 13.7. The molecule has 100 valence electrons. The van der Waals surface area contributed by atoms with E-state index in [9.17, 15) is 8.42 Å². The fourth-order valence-electron chi connectivity index (χ4n) is 2.16. The number of hydrogen-bond acceptors (Lipinski definition) is 4. The second-order valence-electron chi connectivity index (χ2n) is 4.53. The highest BCUT2D eigenvalue weighted by Gasteiger charge is 2.33. The summed E-state index contributed by atoms with van der Waals surface area (Å²) in [6.45, 7) is 3.82. The highest BCUT2D eigenvalue weighted by atomic mass is 35.5. The molecule has 1 saturated heterocycles. The molecule has 0 aliphatic carbocycles. The molecule has 1 aromatic rings. The number of likely N-dealkylation sites (N-methyl/N-ethyl adjacent to an activating group) is 1. The molecule has 5 nitrogen and oxygen atoms in total. The van der Waals surface area contributed by atoms with Crippen molar-refractivity contribution in [3.05, 3.63) is 23.5 Å². The first-order valence-corrected chi connectivity index (χ1v) is 7.54. The quantitative estimate of drug-likeness (QED) is 0.817. The van der Waals surface area contributed by atoms with Crippen LogP contribution in [0.25, 0.3) is 0 Å². The fraction of sp³-hybridized carbons (Fsp3) is 0.545. The summed E-state index contributed by atoms with van der Waals surface area (Å²) in [5, 5.41) is 0.219. The first-order chi connectivity index (χ1) is 8.43. The Morgan fingerprint density at radius 1 is 1.44 bits per heavy atom. The van der Waals surface area contributed by atoms with Crippen LogP contribution in [-0.2, 0) is 10.0 Å². The van der Waals surface area contributed by atoms with Gasteiger partial charge < -0.3 is 4.90 Å². The zero-order chi connectivity index (χ0) is 13.3. The van der Waals surface area contributed by atoms with E-state index in [0.29, 0.717) is 6.54 Å². The SMILES string of the molecule is CC1CN(C)CCN1S(=O)(=O)c1cnccc1Cl. The van der Waals surface area contributed by atoms with Gasteiger partial charge in [0, 0.05) is 38.1 Å². The summed E-state index contributed by atoms with van der Waals surface area (Å²) in [7, 11) is -1.57. The molecule has 18 heavy (non-hydrogen) atoms. The van der Waals surface area contributed by atoms with Gasteiger partial charge in [0.2, 0.25) is 10.0 Å². The van der Waals surface area contributed by atoms with Crippen molar-refractivity contribution in [3.63, 3.8) is 0 Å². The Labute approximate surface area is 112 Å². The van der Waals surface area contributed by atoms with E-state index in [-0.39, 0.29) is 16.0 Å². The van der Waals surface area contributed by atoms with Crippen LogP contribution < -0.4 is 0 Å². The topological polar surface area (TPSA) is 53.5 Å². The molecule has 0 N–H and O–H groups in total. The van der Waals surface area contributed by atoms with Crippen molar-refractivity contribution in [3.8, 4) is 0 Å². The molecule has 2 rings (SSSR count). The van der Waals surface area contributed by atoms with Gasteiger partial charge in [-0.25, -0.2) is 8.42 Å². The minimum atomic E-state index is -3.55. The highest BCUT2D eigenvalue weighted by molar-refractivity contribution is 7.89. The summed E-state index contributed by atoms with van der Waals surface area (Å²) in [6.07, 6.45) is 2.79. The van der Waals surface area contributed by atoms with Crippen molar-refractivity contribution >= 4 is 21.6 Å². The Kier molecular flexibility index (Phi) is 3.91. The van der Waals surface area contributed by atoms with Gasteiger partial charge in [-0.05, 0) is 20.0 Å². The summed E-state index contributed by atoms with van der Waals surface area (Å²) in [6, 6.07) is 1.43. The van der Waals surface area contributed by atoms with E-state index < -0.39 is 10.0 Å². The van der Waals surface area contributed by atoms with E-state index >= 15 is 0 Å². The average molecular weight is 290 g/mol. The predicted octanol–water partition coefficient (Wildman–Crippen LogP) is 1.06. The number of halogens is 1. The van der Waals surface area contributed by atoms with Gasteiger partial charge in [-0.15, -0.1) is 0 Å². The van der Waals surface area contributed by atoms with Crippen LogP contribution in [0.2, 0.25) is 5.02 Å². The lowest BCUT2D eigenvalue weighted by atomic mass is 10.2. The van der Waals surface area contributed by atoms with Crippen LogP contribution in [0.4, 0.5) is 0 Å². The van der Waals surface area contributed by atoms with Crippen LogP contribution in [0.15, 0.2) is 23.4 Å². The minimum absolute atomic E-state index is 0.0648. The third-order valence-corrected chi connectivity index (χ3v) is 5.57. The summed E-state index contributed by atoms with van der Waals surface area (Å²) in [5.41, 5.74) is 0. The summed E-state index contributed by atoms with van der Waals surface area (Å²) in [5.74, 6) is 0. The molecule has 1 aliphatic rings. The number of rotatable bonds is 2. The molecule has 0 aromatic carbocycles. The smallest absolute Gasteiger partial charge is 0.246 e. The summed E-state index contributed by atoms with van der Waals surface area (Å²) >= 11 is 5.95. The van der Waals surface area contributed by atoms with Gasteiger partial charge in [0.1, 0.15) is 4.90 Å². The molecule has 0 amide bonds. The molecule has 1 atom stereocenters. The van der Waals surface area contributed by atoms with E-state index in [1.54, 1.807) is 0 Å². The highest BCUT2D eigenvalue weighted by Crippen LogP contribution is 2.25. The zero-order valence-electron chi connectivity index (χ0n) is 10.4. The van der Waals surface area contributed by atoms with Gasteiger partial charge in [0.05, 0.1) is 5.02 Å². The molecule has 0 bridgehead atoms. The molecule has 2 heterocycles. The van der Waals surface area contributed by atoms with Gasteiger partial charge in [-0.2, -0.15) is 4.31 Å². The lowest BCUT2D eigenvalue weighted by molar-refractivity contribution is 0.170. The van der Waals surface area contributed by atoms with E-state index in [4.69, 9.17) is 11.6 Å². The monoisotopic (exact) mass is 289 g/mol. The van der Waals surface area contributed by atoms with Crippen molar-refractivity contribution in [2.24, 2.45) is 0 Å². The summed E-state index contributed by atoms with van der Waals surface area (Å²) < 4.78 is 26.5. The average Bonchev–Trinajstić information content (AvgIpc) is 2.28. The Balaban J connectivity index is 2.35. The van der Waals surface area contributed by atoms with E-state index in [0.717, 1.165) is 13.1 Å². The van der Waals surface area contributed by atoms with Crippen LogP contribution in [0.1, 0.15) is 6.92 Å². The molecule has 1 aromatic heterocycles. The lowest BCUT2D eigenvalue weighted by Gasteiger charge is -2.37. The lowest BCUT2D eigenvalue weighted by Crippen LogP contribution is -2.52. The largest absolute Gasteiger partial charge is 0.303 e. The van der Waals surface area contributed by atoms with Crippen molar-refractivity contribution < 1.29 is 8.42 Å². The first-order valence-electron chi connectivity index (χ1n) is 5.73. The zero-order valence-corrected chi connectivity index (χ0v) is 11.9. The molecule has 0 saturated carbocycles. The number of aromatic nitrogens is 1. The van der Waals surface area contributed by atoms with Crippen molar-refractivity contribution in [1.82, 2.24) is 14.2 Å². The summed E-state index contributed by atoms with van der Waals surface area (Å²) in [4.78, 5) is 6.04. The minimum Gasteiger partial charge on any atom is -0.303 e. The molecule has 0 radical (unpaired) electrons. The van der Waals surface area contributed by atoms with E-state index in [2.05, 4.69) is 9.88 Å². The van der Waals surface area contributed by atoms with Crippen LogP contribution in [-0.4, -0.2) is 55.3 Å². The van der Waals surface area contributed by atoms with Crippen LogP contribution in [0.5, 0.6) is 0 Å². The maximum absolute atomic E-state index is 12.5. The third kappa shape index (κ3) is 2.51. The number of sulfonamides is 1. The van der Waals surface area contributed by atoms with Gasteiger partial charge >= 0.3 is 0 Å². The standard InChI is InChI=1S/C11H16ClN3O2S/c1-9-8-14(2)5-6-15(9)18(16,17)11-7-13-4-3-10(11)12/h3-4,7,9H,5-6,8H2,1-2H3. The molecular formula is C11H16ClN3O2S. The molecular weight excluding hydrogens is 274 g/mol. The van der Waals surface area contributed by atoms with Gasteiger partial charge in [0.25, 0.3) is 0 Å². The Morgan fingerprint density at radius 3 is 2.78 bits per heavy atom. The number of pyridine rings is 1. The Hall–Kier alpha value is -0.690. The maximum Gasteiger partial charge on any atom is 0.246 e. The maximum atomic E-state index is 12.5. The van der Waals surface area contributed by atoms with Crippen molar-refractivity contribution in [2.45, 2.75) is 17.9 Å². The predicted molar refractivity (Wildman–Crippen MR) is 70.1 cm³/mol. The number of hydrogen-bond donors (Lipinski definition) is 0. The second-order valence-corrected chi connectivity index (χ2v) is 6.80. The normalized spacial score (nSPS) is 23.2. The van der Waals surface area contributed by atoms with Crippen LogP contribution >= 0.6 is 11.6 Å². The van der Waals surface area contributed by atoms with Gasteiger partial charge in [0.15, 0.2) is 0 Å². The molecule has 1 fully saturated rings. The molecule has 1 aliphatic heterocycles. The number of nitrogens with zero attached hydrogens (tertiary/aromatic N) is 3. The molecule has 7 heteroatoms. The van der Waals surface area contributed by atoms with E-state index in [1.807, 2.05) is 14.0 Å². The van der Waals surface area contributed by atoms with Crippen molar-refractivity contribution in [2.75, 3.05) is 26.7 Å². The van der Waals surface area contributed by atoms with E-state index in [1.165, 1.54) is 22.8 Å². The van der Waals surface area contributed by atoms with Crippen molar-refractivity contribution in [1.29, 1.82) is 0 Å². The number of piperazine rings is 1. The van der Waals surface area contributed by atoms with Gasteiger partial charge in [-0.3, -0.25) is 4.98 Å². The molecule has 0 spiro atoms. The fourth-order valence-corrected chi connectivity index (χ4v) is 4.18. The van der Waals surface area contributed by atoms with Crippen LogP contribution in [0, 0.1) is 0 Å². The molecule has 1 unspecified atom stereocenters. The second kappa shape index (κ2) is 5.13. The van der Waals surface area contributed by atoms with Gasteiger partial charge in [-0.1, -0.05) is 11.6 Å². The van der Waals surface area contributed by atoms with Crippen LogP contribution in [0.3, 0.4) is 0 Å².